The molecule has 2 atom stereocenters. The molecule has 0 aromatic carbocycles. The molecular formula is C13H23NO. The van der Waals surface area contributed by atoms with Gasteiger partial charge in [0, 0.05) is 12.1 Å². The molecular weight excluding hydrogens is 186 g/mol. The summed E-state index contributed by atoms with van der Waals surface area (Å²) in [6, 6.07) is 3.24. The first-order valence-corrected chi connectivity index (χ1v) is 5.74. The Labute approximate surface area is 94.0 Å². The second kappa shape index (κ2) is 4.45. The van der Waals surface area contributed by atoms with E-state index in [1.165, 1.54) is 0 Å². The van der Waals surface area contributed by atoms with Crippen molar-refractivity contribution in [2.75, 3.05) is 6.54 Å². The molecule has 15 heavy (non-hydrogen) atoms. The zero-order valence-corrected chi connectivity index (χ0v) is 10.6. The van der Waals surface area contributed by atoms with Crippen LogP contribution in [0, 0.1) is 18.4 Å². The van der Waals surface area contributed by atoms with Gasteiger partial charge < -0.3 is 9.64 Å². The molecule has 0 radical (unpaired) electrons. The number of terminal acetylenes is 1. The molecule has 0 amide bonds. The molecule has 2 nitrogen and oxygen atoms in total. The van der Waals surface area contributed by atoms with Crippen molar-refractivity contribution in [2.24, 2.45) is 5.92 Å². The Morgan fingerprint density at radius 3 is 2.33 bits per heavy atom. The van der Waals surface area contributed by atoms with Gasteiger partial charge in [0.15, 0.2) is 0 Å². The Kier molecular flexibility index (Phi) is 3.67. The second-order valence-corrected chi connectivity index (χ2v) is 5.68. The minimum atomic E-state index is -0.0726. The van der Waals surface area contributed by atoms with Crippen molar-refractivity contribution in [3.8, 4) is 12.5 Å². The highest BCUT2D eigenvalue weighted by molar-refractivity contribution is 4.99. The van der Waals surface area contributed by atoms with Gasteiger partial charge in [-0.05, 0) is 33.1 Å². The van der Waals surface area contributed by atoms with Crippen LogP contribution in [0.2, 0.25) is 0 Å². The van der Waals surface area contributed by atoms with Gasteiger partial charge in [0.25, 0.3) is 0 Å². The lowest BCUT2D eigenvalue weighted by atomic mass is 10.0. The van der Waals surface area contributed by atoms with E-state index in [0.717, 1.165) is 13.0 Å². The van der Waals surface area contributed by atoms with Crippen LogP contribution in [-0.4, -0.2) is 29.2 Å². The molecule has 1 aliphatic rings. The number of nitrogens with zero attached hydrogens (tertiary/aromatic N) is 1. The number of ether oxygens (including phenoxy) is 1. The van der Waals surface area contributed by atoms with Crippen molar-refractivity contribution >= 4 is 0 Å². The van der Waals surface area contributed by atoms with Gasteiger partial charge in [-0.1, -0.05) is 20.3 Å². The summed E-state index contributed by atoms with van der Waals surface area (Å²) >= 11 is 0. The first-order valence-electron chi connectivity index (χ1n) is 5.74. The van der Waals surface area contributed by atoms with E-state index in [4.69, 9.17) is 11.2 Å². The molecule has 0 saturated carbocycles. The van der Waals surface area contributed by atoms with Crippen molar-refractivity contribution in [2.45, 2.75) is 58.8 Å². The van der Waals surface area contributed by atoms with Gasteiger partial charge in [0.1, 0.15) is 0 Å². The molecule has 1 saturated heterocycles. The zero-order chi connectivity index (χ0) is 11.6. The largest absolute Gasteiger partial charge is 0.371 e. The maximum absolute atomic E-state index is 5.97. The predicted octanol–water partition coefficient (Wildman–Crippen LogP) is 2.49. The van der Waals surface area contributed by atoms with Crippen molar-refractivity contribution < 1.29 is 4.74 Å². The minimum absolute atomic E-state index is 0.0726. The summed E-state index contributed by atoms with van der Waals surface area (Å²) in [5.41, 5.74) is -0.0726. The molecule has 86 valence electrons. The Morgan fingerprint density at radius 2 is 2.00 bits per heavy atom. The van der Waals surface area contributed by atoms with E-state index in [1.807, 2.05) is 0 Å². The van der Waals surface area contributed by atoms with Crippen LogP contribution in [-0.2, 0) is 4.74 Å². The van der Waals surface area contributed by atoms with Crippen LogP contribution in [0.3, 0.4) is 0 Å². The molecule has 2 unspecified atom stereocenters. The lowest BCUT2D eigenvalue weighted by molar-refractivity contribution is -0.0530. The van der Waals surface area contributed by atoms with Gasteiger partial charge in [-0.3, -0.25) is 0 Å². The molecule has 1 heterocycles. The molecule has 2 heteroatoms. The molecule has 1 aliphatic heterocycles. The average Bonchev–Trinajstić information content (AvgIpc) is 2.44. The third-order valence-corrected chi connectivity index (χ3v) is 2.76. The summed E-state index contributed by atoms with van der Waals surface area (Å²) in [7, 11) is 0. The van der Waals surface area contributed by atoms with Crippen LogP contribution >= 0.6 is 0 Å². The average molecular weight is 209 g/mol. The Hall–Kier alpha value is -0.680. The molecule has 0 aliphatic carbocycles. The zero-order valence-electron chi connectivity index (χ0n) is 10.6. The summed E-state index contributed by atoms with van der Waals surface area (Å²) in [6.07, 6.45) is 6.85. The number of hydrogen-bond acceptors (Lipinski definition) is 2. The fraction of sp³-hybridized carbons (Fsp3) is 0.846. The van der Waals surface area contributed by atoms with Crippen molar-refractivity contribution in [3.63, 3.8) is 0 Å². The number of likely N-dealkylation sites (tertiary alicyclic amines) is 1. The van der Waals surface area contributed by atoms with Gasteiger partial charge in [-0.25, -0.2) is 0 Å². The fourth-order valence-corrected chi connectivity index (χ4v) is 2.19. The summed E-state index contributed by atoms with van der Waals surface area (Å²) in [6.45, 7) is 11.6. The quantitative estimate of drug-likeness (QED) is 0.648. The van der Waals surface area contributed by atoms with E-state index >= 15 is 0 Å². The summed E-state index contributed by atoms with van der Waals surface area (Å²) < 4.78 is 5.97. The van der Waals surface area contributed by atoms with E-state index < -0.39 is 0 Å². The van der Waals surface area contributed by atoms with Crippen LogP contribution < -0.4 is 0 Å². The van der Waals surface area contributed by atoms with Crippen LogP contribution in [0.25, 0.3) is 0 Å². The van der Waals surface area contributed by atoms with E-state index in [2.05, 4.69) is 45.6 Å². The summed E-state index contributed by atoms with van der Waals surface area (Å²) in [5.74, 6) is 0.592. The minimum Gasteiger partial charge on any atom is -0.371 e. The van der Waals surface area contributed by atoms with Crippen LogP contribution in [0.15, 0.2) is 0 Å². The first-order chi connectivity index (χ1) is 6.83. The van der Waals surface area contributed by atoms with E-state index in [1.54, 1.807) is 0 Å². The number of rotatable bonds is 2. The highest BCUT2D eigenvalue weighted by Gasteiger charge is 2.34. The highest BCUT2D eigenvalue weighted by Crippen LogP contribution is 2.27. The van der Waals surface area contributed by atoms with Crippen molar-refractivity contribution in [1.29, 1.82) is 0 Å². The second-order valence-electron chi connectivity index (χ2n) is 5.68. The van der Waals surface area contributed by atoms with Crippen LogP contribution in [0.1, 0.15) is 41.0 Å². The normalized spacial score (nSPS) is 27.1. The van der Waals surface area contributed by atoms with E-state index in [-0.39, 0.29) is 11.7 Å². The maximum Gasteiger partial charge on any atom is 0.0784 e. The molecule has 0 aromatic heterocycles. The summed E-state index contributed by atoms with van der Waals surface area (Å²) in [4.78, 5) is 2.08. The van der Waals surface area contributed by atoms with Gasteiger partial charge in [-0.15, -0.1) is 0 Å². The lowest BCUT2D eigenvalue weighted by Crippen LogP contribution is -2.30. The summed E-state index contributed by atoms with van der Waals surface area (Å²) in [5, 5.41) is 0. The van der Waals surface area contributed by atoms with Crippen molar-refractivity contribution in [1.82, 2.24) is 4.90 Å². The van der Waals surface area contributed by atoms with Gasteiger partial charge in [0.05, 0.1) is 18.2 Å². The maximum atomic E-state index is 5.97. The Morgan fingerprint density at radius 1 is 1.40 bits per heavy atom. The molecule has 0 aromatic rings. The Bertz CT molecular complexity index is 246. The molecule has 0 bridgehead atoms. The molecule has 0 N–H and O–H groups in total. The van der Waals surface area contributed by atoms with Gasteiger partial charge in [-0.2, -0.15) is 0 Å². The fourth-order valence-electron chi connectivity index (χ4n) is 2.19. The van der Waals surface area contributed by atoms with Crippen LogP contribution in [0.4, 0.5) is 0 Å². The predicted molar refractivity (Wildman–Crippen MR) is 63.4 cm³/mol. The number of hydrogen-bond donors (Lipinski definition) is 0. The lowest BCUT2D eigenvalue weighted by Gasteiger charge is -2.24. The monoisotopic (exact) mass is 209 g/mol. The van der Waals surface area contributed by atoms with Crippen molar-refractivity contribution in [3.05, 3.63) is 0 Å². The smallest absolute Gasteiger partial charge is 0.0784 e. The van der Waals surface area contributed by atoms with Gasteiger partial charge >= 0.3 is 0 Å². The third-order valence-electron chi connectivity index (χ3n) is 2.76. The van der Waals surface area contributed by atoms with E-state index in [9.17, 15) is 0 Å². The topological polar surface area (TPSA) is 12.5 Å². The SMILES string of the molecule is C#CN1CC(OC(C)(C)C)CC1C(C)C. The Balaban J connectivity index is 2.58. The third kappa shape index (κ3) is 3.43. The molecule has 1 rings (SSSR count). The highest BCUT2D eigenvalue weighted by atomic mass is 16.5. The standard InChI is InChI=1S/C13H23NO/c1-7-14-9-11(15-13(4,5)6)8-12(14)10(2)3/h1,10-12H,8-9H2,2-6H3. The van der Waals surface area contributed by atoms with Crippen LogP contribution in [0.5, 0.6) is 0 Å². The van der Waals surface area contributed by atoms with E-state index in [0.29, 0.717) is 12.0 Å². The first kappa shape index (κ1) is 12.4. The molecule has 0 spiro atoms. The molecule has 1 fully saturated rings. The van der Waals surface area contributed by atoms with Gasteiger partial charge in [0.2, 0.25) is 0 Å².